The lowest BCUT2D eigenvalue weighted by atomic mass is 9.70. The van der Waals surface area contributed by atoms with Crippen molar-refractivity contribution in [1.29, 1.82) is 0 Å². The van der Waals surface area contributed by atoms with Gasteiger partial charge in [0.15, 0.2) is 5.78 Å². The molecule has 0 N–H and O–H groups in total. The number of rotatable bonds is 3. The molecule has 2 aromatic carbocycles. The molecular weight excluding hydrogens is 473 g/mol. The molecule has 4 rings (SSSR count). The molecule has 29 heavy (non-hydrogen) atoms. The van der Waals surface area contributed by atoms with E-state index in [2.05, 4.69) is 36.4 Å². The van der Waals surface area contributed by atoms with E-state index in [0.29, 0.717) is 12.8 Å². The highest BCUT2D eigenvalue weighted by Gasteiger charge is 2.43. The van der Waals surface area contributed by atoms with Crippen LogP contribution in [-0.2, 0) is 9.59 Å². The van der Waals surface area contributed by atoms with Gasteiger partial charge in [-0.1, -0.05) is 56.3 Å². The molecule has 148 valence electrons. The topological polar surface area (TPSA) is 37.4 Å². The van der Waals surface area contributed by atoms with Gasteiger partial charge in [-0.3, -0.25) is 14.5 Å². The standard InChI is InChI=1S/C25H24INO2/c1-25(2)15-21-24(22(28)16-25)18(9-8-17-6-4-3-5-7-17)14-23(29)27(21)20-12-10-19(26)11-13-20/h3-13,18H,14-16H2,1-2H3/b9-8+. The van der Waals surface area contributed by atoms with Gasteiger partial charge in [-0.25, -0.2) is 0 Å². The first kappa shape index (κ1) is 20.1. The minimum Gasteiger partial charge on any atom is -0.294 e. The zero-order valence-corrected chi connectivity index (χ0v) is 18.8. The number of anilines is 1. The summed E-state index contributed by atoms with van der Waals surface area (Å²) in [7, 11) is 0. The predicted octanol–water partition coefficient (Wildman–Crippen LogP) is 6.00. The Morgan fingerprint density at radius 1 is 1.00 bits per heavy atom. The molecule has 1 heterocycles. The van der Waals surface area contributed by atoms with Crippen LogP contribution < -0.4 is 4.90 Å². The zero-order valence-electron chi connectivity index (χ0n) is 16.7. The molecule has 0 saturated carbocycles. The van der Waals surface area contributed by atoms with Crippen LogP contribution >= 0.6 is 22.6 Å². The van der Waals surface area contributed by atoms with Gasteiger partial charge in [-0.05, 0) is 64.3 Å². The third-order valence-corrected chi connectivity index (χ3v) is 6.31. The summed E-state index contributed by atoms with van der Waals surface area (Å²) in [4.78, 5) is 28.2. The number of carbonyl (C=O) groups is 2. The average molecular weight is 497 g/mol. The predicted molar refractivity (Wildman–Crippen MR) is 125 cm³/mol. The van der Waals surface area contributed by atoms with Crippen LogP contribution in [-0.4, -0.2) is 11.7 Å². The van der Waals surface area contributed by atoms with Crippen LogP contribution in [0.4, 0.5) is 5.69 Å². The lowest BCUT2D eigenvalue weighted by molar-refractivity contribution is -0.121. The van der Waals surface area contributed by atoms with E-state index in [1.807, 2.05) is 66.7 Å². The summed E-state index contributed by atoms with van der Waals surface area (Å²) in [6, 6.07) is 18.0. The quantitative estimate of drug-likeness (QED) is 0.488. The Hall–Kier alpha value is -2.21. The fourth-order valence-corrected chi connectivity index (χ4v) is 4.66. The number of hydrogen-bond donors (Lipinski definition) is 0. The Bertz CT molecular complexity index is 1000. The van der Waals surface area contributed by atoms with Gasteiger partial charge >= 0.3 is 0 Å². The first-order valence-corrected chi connectivity index (χ1v) is 11.0. The van der Waals surface area contributed by atoms with Crippen molar-refractivity contribution >= 4 is 46.0 Å². The van der Waals surface area contributed by atoms with E-state index in [-0.39, 0.29) is 23.0 Å². The Labute approximate surface area is 185 Å². The first-order chi connectivity index (χ1) is 13.8. The monoisotopic (exact) mass is 497 g/mol. The van der Waals surface area contributed by atoms with E-state index < -0.39 is 0 Å². The number of carbonyl (C=O) groups excluding carboxylic acids is 2. The molecule has 2 aromatic rings. The van der Waals surface area contributed by atoms with Crippen LogP contribution in [0.1, 0.15) is 38.7 Å². The minimum atomic E-state index is -0.165. The Kier molecular flexibility index (Phi) is 5.47. The van der Waals surface area contributed by atoms with E-state index in [0.717, 1.165) is 32.5 Å². The molecule has 1 amide bonds. The van der Waals surface area contributed by atoms with Gasteiger partial charge in [0, 0.05) is 39.3 Å². The number of hydrogen-bond acceptors (Lipinski definition) is 2. The molecule has 1 aliphatic carbocycles. The first-order valence-electron chi connectivity index (χ1n) is 9.92. The van der Waals surface area contributed by atoms with E-state index in [4.69, 9.17) is 0 Å². The zero-order chi connectivity index (χ0) is 20.6. The number of Topliss-reactive ketones (excluding diaryl/α,β-unsaturated/α-hetero) is 1. The fraction of sp³-hybridized carbons (Fsp3) is 0.280. The normalized spacial score (nSPS) is 21.6. The maximum absolute atomic E-state index is 13.2. The highest BCUT2D eigenvalue weighted by atomic mass is 127. The van der Waals surface area contributed by atoms with E-state index >= 15 is 0 Å². The molecule has 0 radical (unpaired) electrons. The fourth-order valence-electron chi connectivity index (χ4n) is 4.30. The largest absolute Gasteiger partial charge is 0.294 e. The lowest BCUT2D eigenvalue weighted by Crippen LogP contribution is -2.44. The molecule has 0 aromatic heterocycles. The van der Waals surface area contributed by atoms with Crippen LogP contribution in [0.5, 0.6) is 0 Å². The smallest absolute Gasteiger partial charge is 0.232 e. The van der Waals surface area contributed by atoms with Gasteiger partial charge in [-0.2, -0.15) is 0 Å². The molecule has 3 nitrogen and oxygen atoms in total. The molecule has 1 unspecified atom stereocenters. The molecule has 0 saturated heterocycles. The van der Waals surface area contributed by atoms with Crippen molar-refractivity contribution in [3.05, 3.63) is 81.1 Å². The van der Waals surface area contributed by atoms with Gasteiger partial charge < -0.3 is 0 Å². The Balaban J connectivity index is 1.79. The number of ketones is 1. The van der Waals surface area contributed by atoms with Crippen molar-refractivity contribution in [2.45, 2.75) is 33.1 Å². The molecule has 2 aliphatic rings. The summed E-state index contributed by atoms with van der Waals surface area (Å²) >= 11 is 2.26. The minimum absolute atomic E-state index is 0.0539. The van der Waals surface area contributed by atoms with Crippen LogP contribution in [0, 0.1) is 14.9 Å². The summed E-state index contributed by atoms with van der Waals surface area (Å²) in [5.41, 5.74) is 3.47. The number of benzene rings is 2. The van der Waals surface area contributed by atoms with Gasteiger partial charge in [0.1, 0.15) is 0 Å². The van der Waals surface area contributed by atoms with E-state index in [1.165, 1.54) is 0 Å². The summed E-state index contributed by atoms with van der Waals surface area (Å²) in [5.74, 6) is 0.0570. The van der Waals surface area contributed by atoms with Crippen LogP contribution in [0.25, 0.3) is 6.08 Å². The summed E-state index contributed by atoms with van der Waals surface area (Å²) in [6.07, 6.45) is 5.62. The molecule has 4 heteroatoms. The molecule has 1 atom stereocenters. The maximum Gasteiger partial charge on any atom is 0.232 e. The lowest BCUT2D eigenvalue weighted by Gasteiger charge is -2.42. The van der Waals surface area contributed by atoms with Gasteiger partial charge in [0.25, 0.3) is 0 Å². The second-order valence-electron chi connectivity index (χ2n) is 8.59. The molecule has 0 spiro atoms. The average Bonchev–Trinajstić information content (AvgIpc) is 2.67. The highest BCUT2D eigenvalue weighted by molar-refractivity contribution is 14.1. The van der Waals surface area contributed by atoms with Crippen molar-refractivity contribution in [1.82, 2.24) is 0 Å². The number of nitrogens with zero attached hydrogens (tertiary/aromatic N) is 1. The third-order valence-electron chi connectivity index (χ3n) is 5.59. The second kappa shape index (κ2) is 7.90. The van der Waals surface area contributed by atoms with Gasteiger partial charge in [0.05, 0.1) is 0 Å². The van der Waals surface area contributed by atoms with Gasteiger partial charge in [-0.15, -0.1) is 0 Å². The number of halogens is 1. The second-order valence-corrected chi connectivity index (χ2v) is 9.83. The molecule has 1 aliphatic heterocycles. The molecular formula is C25H24INO2. The van der Waals surface area contributed by atoms with E-state index in [9.17, 15) is 9.59 Å². The van der Waals surface area contributed by atoms with E-state index in [1.54, 1.807) is 4.90 Å². The summed E-state index contributed by atoms with van der Waals surface area (Å²) in [6.45, 7) is 4.21. The SMILES string of the molecule is CC1(C)CC(=O)C2=C(C1)N(c1ccc(I)cc1)C(=O)CC2/C=C/c1ccccc1. The summed E-state index contributed by atoms with van der Waals surface area (Å²) in [5, 5.41) is 0. The van der Waals surface area contributed by atoms with Crippen molar-refractivity contribution in [3.8, 4) is 0 Å². The van der Waals surface area contributed by atoms with Crippen molar-refractivity contribution in [2.24, 2.45) is 11.3 Å². The third kappa shape index (κ3) is 4.22. The number of allylic oxidation sites excluding steroid dienone is 3. The van der Waals surface area contributed by atoms with Crippen molar-refractivity contribution in [3.63, 3.8) is 0 Å². The Morgan fingerprint density at radius 3 is 2.38 bits per heavy atom. The van der Waals surface area contributed by atoms with Crippen LogP contribution in [0.3, 0.4) is 0 Å². The van der Waals surface area contributed by atoms with Gasteiger partial charge in [0.2, 0.25) is 5.91 Å². The Morgan fingerprint density at radius 2 is 1.69 bits per heavy atom. The van der Waals surface area contributed by atoms with Crippen molar-refractivity contribution < 1.29 is 9.59 Å². The molecule has 0 bridgehead atoms. The highest BCUT2D eigenvalue weighted by Crippen LogP contribution is 2.45. The maximum atomic E-state index is 13.2. The van der Waals surface area contributed by atoms with Crippen LogP contribution in [0.15, 0.2) is 71.9 Å². The van der Waals surface area contributed by atoms with Crippen LogP contribution in [0.2, 0.25) is 0 Å². The molecule has 0 fully saturated rings. The van der Waals surface area contributed by atoms with Crippen molar-refractivity contribution in [2.75, 3.05) is 4.90 Å². The number of amides is 1. The summed E-state index contributed by atoms with van der Waals surface area (Å²) < 4.78 is 1.12.